The fourth-order valence-electron chi connectivity index (χ4n) is 3.82. The van der Waals surface area contributed by atoms with E-state index in [2.05, 4.69) is 32.6 Å². The fourth-order valence-corrected chi connectivity index (χ4v) is 5.19. The summed E-state index contributed by atoms with van der Waals surface area (Å²) >= 11 is 0. The summed E-state index contributed by atoms with van der Waals surface area (Å²) in [7, 11) is -2.50. The van der Waals surface area contributed by atoms with Crippen molar-refractivity contribution in [2.45, 2.75) is 37.0 Å². The molecule has 0 spiro atoms. The minimum absolute atomic E-state index is 0.00975. The highest BCUT2D eigenvalue weighted by Crippen LogP contribution is 2.44. The Labute approximate surface area is 178 Å². The minimum Gasteiger partial charge on any atom is -0.497 e. The lowest BCUT2D eigenvalue weighted by Gasteiger charge is -2.22. The molecule has 1 atom stereocenters. The summed E-state index contributed by atoms with van der Waals surface area (Å²) in [5.41, 5.74) is 2.88. The number of hydrogen-bond donors (Lipinski definition) is 0. The van der Waals surface area contributed by atoms with Crippen LogP contribution >= 0.6 is 0 Å². The van der Waals surface area contributed by atoms with Gasteiger partial charge in [0.15, 0.2) is 0 Å². The Balaban J connectivity index is 1.93. The Morgan fingerprint density at radius 3 is 2.43 bits per heavy atom. The molecule has 0 bridgehead atoms. The number of ether oxygens (including phenoxy) is 1. The lowest BCUT2D eigenvalue weighted by atomic mass is 9.82. The summed E-state index contributed by atoms with van der Waals surface area (Å²) < 4.78 is 32.3. The number of hydrogen-bond acceptors (Lipinski definition) is 4. The first-order valence-electron chi connectivity index (χ1n) is 9.89. The van der Waals surface area contributed by atoms with Crippen molar-refractivity contribution >= 4 is 21.5 Å². The van der Waals surface area contributed by atoms with Gasteiger partial charge < -0.3 is 4.74 Å². The molecule has 0 aliphatic heterocycles. The molecule has 30 heavy (non-hydrogen) atoms. The molecule has 5 nitrogen and oxygen atoms in total. The van der Waals surface area contributed by atoms with Gasteiger partial charge >= 0.3 is 0 Å². The monoisotopic (exact) mass is 425 g/mol. The van der Waals surface area contributed by atoms with Crippen molar-refractivity contribution in [2.75, 3.05) is 13.7 Å². The van der Waals surface area contributed by atoms with Gasteiger partial charge in [0.1, 0.15) is 5.75 Å². The summed E-state index contributed by atoms with van der Waals surface area (Å²) in [6.45, 7) is 7.78. The van der Waals surface area contributed by atoms with Crippen LogP contribution in [0.3, 0.4) is 0 Å². The number of methoxy groups -OCH3 is 1. The summed E-state index contributed by atoms with van der Waals surface area (Å²) in [6, 6.07) is 14.0. The average Bonchev–Trinajstić information content (AvgIpc) is 3.04. The number of fused-ring (bicyclic) bond motifs is 1. The third kappa shape index (κ3) is 3.92. The van der Waals surface area contributed by atoms with Crippen LogP contribution in [-0.2, 0) is 20.2 Å². The molecule has 1 aliphatic rings. The second kappa shape index (κ2) is 8.48. The lowest BCUT2D eigenvalue weighted by molar-refractivity contribution is -0.125. The van der Waals surface area contributed by atoms with Gasteiger partial charge in [-0.3, -0.25) is 4.79 Å². The summed E-state index contributed by atoms with van der Waals surface area (Å²) in [5.74, 6) is 0.0641. The van der Waals surface area contributed by atoms with E-state index in [1.807, 2.05) is 18.2 Å². The van der Waals surface area contributed by atoms with E-state index in [9.17, 15) is 13.2 Å². The van der Waals surface area contributed by atoms with Crippen LogP contribution in [0.4, 0.5) is 0 Å². The van der Waals surface area contributed by atoms with Gasteiger partial charge in [-0.2, -0.15) is 0 Å². The largest absolute Gasteiger partial charge is 0.497 e. The molecule has 1 amide bonds. The molecule has 0 heterocycles. The van der Waals surface area contributed by atoms with Crippen LogP contribution in [0.1, 0.15) is 37.8 Å². The number of carbonyl (C=O) groups is 1. The summed E-state index contributed by atoms with van der Waals surface area (Å²) in [6.07, 6.45) is 4.42. The molecule has 1 aliphatic carbocycles. The van der Waals surface area contributed by atoms with Crippen molar-refractivity contribution in [3.63, 3.8) is 0 Å². The molecule has 0 saturated heterocycles. The summed E-state index contributed by atoms with van der Waals surface area (Å²) in [5, 5.41) is 0. The number of allylic oxidation sites excluding steroid dienone is 1. The molecule has 0 fully saturated rings. The van der Waals surface area contributed by atoms with E-state index in [4.69, 9.17) is 4.74 Å². The Morgan fingerprint density at radius 2 is 1.83 bits per heavy atom. The zero-order chi connectivity index (χ0) is 21.9. The number of amides is 1. The number of sulfonamides is 1. The van der Waals surface area contributed by atoms with Crippen molar-refractivity contribution < 1.29 is 17.9 Å². The van der Waals surface area contributed by atoms with Gasteiger partial charge in [0, 0.05) is 5.41 Å². The van der Waals surface area contributed by atoms with Crippen LogP contribution in [0.5, 0.6) is 5.75 Å². The Bertz CT molecular complexity index is 1090. The van der Waals surface area contributed by atoms with Crippen LogP contribution in [0.15, 0.2) is 72.2 Å². The predicted molar refractivity (Wildman–Crippen MR) is 119 cm³/mol. The van der Waals surface area contributed by atoms with Gasteiger partial charge in [0.05, 0.1) is 25.0 Å². The average molecular weight is 426 g/mol. The van der Waals surface area contributed by atoms with E-state index in [0.717, 1.165) is 21.9 Å². The maximum atomic E-state index is 13.2. The lowest BCUT2D eigenvalue weighted by Crippen LogP contribution is -2.37. The van der Waals surface area contributed by atoms with Gasteiger partial charge in [-0.15, -0.1) is 6.58 Å². The van der Waals surface area contributed by atoms with Crippen LogP contribution in [0, 0.1) is 0 Å². The van der Waals surface area contributed by atoms with Crippen molar-refractivity contribution in [3.05, 3.63) is 78.4 Å². The van der Waals surface area contributed by atoms with Gasteiger partial charge in [0.2, 0.25) is 5.91 Å². The second-order valence-electron chi connectivity index (χ2n) is 7.56. The normalized spacial score (nSPS) is 17.8. The fraction of sp³-hybridized carbons (Fsp3) is 0.292. The van der Waals surface area contributed by atoms with Crippen LogP contribution in [0.25, 0.3) is 5.57 Å². The van der Waals surface area contributed by atoms with Crippen LogP contribution in [0.2, 0.25) is 0 Å². The van der Waals surface area contributed by atoms with Crippen molar-refractivity contribution in [1.29, 1.82) is 0 Å². The molecule has 1 unspecified atom stereocenters. The molecule has 0 saturated carbocycles. The van der Waals surface area contributed by atoms with Gasteiger partial charge in [0.25, 0.3) is 10.0 Å². The molecule has 0 N–H and O–H groups in total. The molecule has 0 aromatic heterocycles. The van der Waals surface area contributed by atoms with E-state index in [1.54, 1.807) is 12.1 Å². The molecule has 3 rings (SSSR count). The van der Waals surface area contributed by atoms with E-state index >= 15 is 0 Å². The number of nitrogens with zero attached hydrogens (tertiary/aromatic N) is 1. The highest BCUT2D eigenvalue weighted by atomic mass is 32.2. The molecule has 2 aromatic rings. The third-order valence-electron chi connectivity index (χ3n) is 5.68. The number of carbonyl (C=O) groups excluding carboxylic acids is 1. The first-order valence-corrected chi connectivity index (χ1v) is 11.3. The Hall–Kier alpha value is -2.86. The molecular formula is C24H27NO4S. The van der Waals surface area contributed by atoms with Gasteiger partial charge in [-0.1, -0.05) is 50.3 Å². The maximum Gasteiger partial charge on any atom is 0.266 e. The van der Waals surface area contributed by atoms with Crippen LogP contribution < -0.4 is 4.74 Å². The Morgan fingerprint density at radius 1 is 1.17 bits per heavy atom. The van der Waals surface area contributed by atoms with Crippen molar-refractivity contribution in [2.24, 2.45) is 0 Å². The standard InChI is InChI=1S/C24H27NO4S/c1-5-15-25(30(27,28)20-13-11-19(29-4)12-14-20)23(26)16-18-17-24(3,6-2)22-10-8-7-9-21(18)22/h5,7-14,17H,1,6,15-16H2,2-4H3. The van der Waals surface area contributed by atoms with Crippen molar-refractivity contribution in [3.8, 4) is 5.75 Å². The molecule has 2 aromatic carbocycles. The minimum atomic E-state index is -4.01. The van der Waals surface area contributed by atoms with Gasteiger partial charge in [-0.25, -0.2) is 12.7 Å². The quantitative estimate of drug-likeness (QED) is 0.582. The first-order chi connectivity index (χ1) is 14.3. The SMILES string of the molecule is C=CCN(C(=O)CC1=CC(C)(CC)c2ccccc21)S(=O)(=O)c1ccc(OC)cc1. The van der Waals surface area contributed by atoms with E-state index < -0.39 is 15.9 Å². The molecule has 6 heteroatoms. The highest BCUT2D eigenvalue weighted by Gasteiger charge is 2.35. The van der Waals surface area contributed by atoms with E-state index in [-0.39, 0.29) is 23.3 Å². The summed E-state index contributed by atoms with van der Waals surface area (Å²) in [4.78, 5) is 13.2. The Kier molecular flexibility index (Phi) is 6.17. The first kappa shape index (κ1) is 21.8. The number of rotatable bonds is 8. The predicted octanol–water partition coefficient (Wildman–Crippen LogP) is 4.55. The molecule has 0 radical (unpaired) electrons. The molecular weight excluding hydrogens is 398 g/mol. The maximum absolute atomic E-state index is 13.2. The van der Waals surface area contributed by atoms with E-state index in [0.29, 0.717) is 5.75 Å². The number of benzene rings is 2. The smallest absolute Gasteiger partial charge is 0.266 e. The van der Waals surface area contributed by atoms with E-state index in [1.165, 1.54) is 30.9 Å². The highest BCUT2D eigenvalue weighted by molar-refractivity contribution is 7.89. The van der Waals surface area contributed by atoms with Gasteiger partial charge in [-0.05, 0) is 47.4 Å². The second-order valence-corrected chi connectivity index (χ2v) is 9.42. The third-order valence-corrected chi connectivity index (χ3v) is 7.48. The topological polar surface area (TPSA) is 63.7 Å². The van der Waals surface area contributed by atoms with Crippen LogP contribution in [-0.4, -0.2) is 32.3 Å². The van der Waals surface area contributed by atoms with Crippen molar-refractivity contribution in [1.82, 2.24) is 4.31 Å². The zero-order valence-electron chi connectivity index (χ0n) is 17.6. The molecule has 158 valence electrons. The zero-order valence-corrected chi connectivity index (χ0v) is 18.4.